The van der Waals surface area contributed by atoms with E-state index >= 15 is 0 Å². The fraction of sp³-hybridized carbons (Fsp3) is 0.333. The number of amides is 4. The first kappa shape index (κ1) is 17.7. The minimum absolute atomic E-state index is 0.0957. The van der Waals surface area contributed by atoms with Crippen LogP contribution >= 0.6 is 0 Å². The Bertz CT molecular complexity index is 800. The molecule has 0 saturated carbocycles. The largest absolute Gasteiger partial charge is 0.497 e. The van der Waals surface area contributed by atoms with E-state index in [1.54, 1.807) is 19.2 Å². The summed E-state index contributed by atoms with van der Waals surface area (Å²) < 4.78 is 5.11. The Balaban J connectivity index is 1.70. The van der Waals surface area contributed by atoms with Crippen molar-refractivity contribution >= 4 is 23.6 Å². The Hall–Kier alpha value is -3.16. The number of rotatable bonds is 5. The molecule has 0 spiro atoms. The summed E-state index contributed by atoms with van der Waals surface area (Å²) in [5, 5.41) is 5.18. The molecule has 1 aromatic rings. The summed E-state index contributed by atoms with van der Waals surface area (Å²) in [6.45, 7) is 1.86. The third kappa shape index (κ3) is 3.30. The maximum absolute atomic E-state index is 12.6. The average Bonchev–Trinajstić information content (AvgIpc) is 2.89. The Morgan fingerprint density at radius 2 is 1.88 bits per heavy atom. The van der Waals surface area contributed by atoms with E-state index in [9.17, 15) is 19.2 Å². The zero-order valence-corrected chi connectivity index (χ0v) is 14.4. The van der Waals surface area contributed by atoms with Crippen LogP contribution < -0.4 is 15.4 Å². The summed E-state index contributed by atoms with van der Waals surface area (Å²) in [5.41, 5.74) is 1.04. The van der Waals surface area contributed by atoms with Crippen LogP contribution in [0.4, 0.5) is 0 Å². The van der Waals surface area contributed by atoms with Crippen molar-refractivity contribution in [2.24, 2.45) is 0 Å². The summed E-state index contributed by atoms with van der Waals surface area (Å²) >= 11 is 0. The van der Waals surface area contributed by atoms with Gasteiger partial charge in [-0.05, 0) is 31.0 Å². The van der Waals surface area contributed by atoms with Crippen molar-refractivity contribution in [1.29, 1.82) is 0 Å². The van der Waals surface area contributed by atoms with Gasteiger partial charge < -0.3 is 10.1 Å². The molecule has 0 aliphatic carbocycles. The number of methoxy groups -OCH3 is 1. The molecule has 2 unspecified atom stereocenters. The topological polar surface area (TPSA) is 105 Å². The number of benzene rings is 1. The number of hydrogen-bond acceptors (Lipinski definition) is 6. The number of carbonyl (C=O) groups excluding carboxylic acids is 4. The second kappa shape index (κ2) is 6.99. The molecule has 2 aliphatic rings. The molecule has 0 aromatic heterocycles. The van der Waals surface area contributed by atoms with Crippen LogP contribution in [0.3, 0.4) is 0 Å². The highest BCUT2D eigenvalue weighted by Gasteiger charge is 2.42. The molecule has 1 aromatic carbocycles. The van der Waals surface area contributed by atoms with E-state index in [1.165, 1.54) is 6.08 Å². The lowest BCUT2D eigenvalue weighted by atomic mass is 10.0. The predicted octanol–water partition coefficient (Wildman–Crippen LogP) is 0.404. The predicted molar refractivity (Wildman–Crippen MR) is 90.7 cm³/mol. The maximum atomic E-state index is 12.6. The molecule has 4 amide bonds. The molecule has 1 fully saturated rings. The first-order chi connectivity index (χ1) is 12.4. The van der Waals surface area contributed by atoms with Gasteiger partial charge in [0.2, 0.25) is 11.8 Å². The number of nitrogens with zero attached hydrogens (tertiary/aromatic N) is 1. The third-order valence-electron chi connectivity index (χ3n) is 4.46. The fourth-order valence-corrected chi connectivity index (χ4v) is 3.02. The molecule has 2 atom stereocenters. The van der Waals surface area contributed by atoms with E-state index in [0.29, 0.717) is 0 Å². The van der Waals surface area contributed by atoms with Crippen molar-refractivity contribution in [3.8, 4) is 5.75 Å². The Morgan fingerprint density at radius 3 is 2.50 bits per heavy atom. The van der Waals surface area contributed by atoms with Crippen molar-refractivity contribution in [3.05, 3.63) is 41.6 Å². The van der Waals surface area contributed by atoms with Gasteiger partial charge in [-0.25, -0.2) is 0 Å². The third-order valence-corrected chi connectivity index (χ3v) is 4.46. The van der Waals surface area contributed by atoms with E-state index < -0.39 is 29.7 Å². The van der Waals surface area contributed by atoms with E-state index in [1.807, 2.05) is 19.1 Å². The highest BCUT2D eigenvalue weighted by molar-refractivity contribution is 6.18. The first-order valence-electron chi connectivity index (χ1n) is 8.24. The second-order valence-electron chi connectivity index (χ2n) is 6.18. The molecule has 3 rings (SSSR count). The van der Waals surface area contributed by atoms with Crippen LogP contribution in [0.1, 0.15) is 31.4 Å². The minimum Gasteiger partial charge on any atom is -0.497 e. The van der Waals surface area contributed by atoms with Gasteiger partial charge in [-0.2, -0.15) is 0 Å². The normalized spacial score (nSPS) is 21.4. The van der Waals surface area contributed by atoms with Crippen LogP contribution in [0.25, 0.3) is 0 Å². The Morgan fingerprint density at radius 1 is 1.19 bits per heavy atom. The van der Waals surface area contributed by atoms with Gasteiger partial charge >= 0.3 is 0 Å². The monoisotopic (exact) mass is 357 g/mol. The molecule has 26 heavy (non-hydrogen) atoms. The zero-order chi connectivity index (χ0) is 18.8. The Labute approximate surface area is 150 Å². The molecule has 8 nitrogen and oxygen atoms in total. The molecule has 2 aliphatic heterocycles. The minimum atomic E-state index is -0.959. The molecule has 1 saturated heterocycles. The summed E-state index contributed by atoms with van der Waals surface area (Å²) in [6, 6.07) is 6.13. The fourth-order valence-electron chi connectivity index (χ4n) is 3.02. The lowest BCUT2D eigenvalue weighted by molar-refractivity contribution is -0.149. The average molecular weight is 357 g/mol. The number of hydrogen-bond donors (Lipinski definition) is 2. The highest BCUT2D eigenvalue weighted by atomic mass is 16.5. The standard InChI is InChI=1S/C18H19N3O5/c1-10(11-3-5-12(26-2)6-4-11)19-13-9-16(23)21(18(13)25)14-7-8-15(22)20-17(14)24/h3-6,9-10,14,19H,7-8H2,1-2H3,(H,20,22,24). The van der Waals surface area contributed by atoms with Crippen LogP contribution in [-0.2, 0) is 19.2 Å². The second-order valence-corrected chi connectivity index (χ2v) is 6.18. The summed E-state index contributed by atoms with van der Waals surface area (Å²) in [7, 11) is 1.58. The summed E-state index contributed by atoms with van der Waals surface area (Å²) in [4.78, 5) is 49.0. The van der Waals surface area contributed by atoms with Crippen LogP contribution in [-0.4, -0.2) is 41.7 Å². The van der Waals surface area contributed by atoms with E-state index in [2.05, 4.69) is 10.6 Å². The molecule has 136 valence electrons. The van der Waals surface area contributed by atoms with Gasteiger partial charge in [0.15, 0.2) is 0 Å². The van der Waals surface area contributed by atoms with E-state index in [-0.39, 0.29) is 24.6 Å². The van der Waals surface area contributed by atoms with Gasteiger partial charge in [0.05, 0.1) is 7.11 Å². The molecular weight excluding hydrogens is 338 g/mol. The number of carbonyl (C=O) groups is 4. The number of ether oxygens (including phenoxy) is 1. The highest BCUT2D eigenvalue weighted by Crippen LogP contribution is 2.23. The van der Waals surface area contributed by atoms with Gasteiger partial charge in [0.25, 0.3) is 11.8 Å². The van der Waals surface area contributed by atoms with Gasteiger partial charge in [0, 0.05) is 18.5 Å². The maximum Gasteiger partial charge on any atom is 0.277 e. The zero-order valence-electron chi connectivity index (χ0n) is 14.4. The van der Waals surface area contributed by atoms with Crippen LogP contribution in [0, 0.1) is 0 Å². The van der Waals surface area contributed by atoms with Gasteiger partial charge in [-0.15, -0.1) is 0 Å². The molecular formula is C18H19N3O5. The van der Waals surface area contributed by atoms with Gasteiger partial charge in [0.1, 0.15) is 17.5 Å². The van der Waals surface area contributed by atoms with Gasteiger partial charge in [-0.3, -0.25) is 29.4 Å². The number of imide groups is 2. The molecule has 2 heterocycles. The molecule has 8 heteroatoms. The van der Waals surface area contributed by atoms with Crippen LogP contribution in [0.5, 0.6) is 5.75 Å². The Kier molecular flexibility index (Phi) is 4.75. The number of piperidine rings is 1. The van der Waals surface area contributed by atoms with Crippen molar-refractivity contribution in [2.45, 2.75) is 31.8 Å². The molecule has 0 bridgehead atoms. The van der Waals surface area contributed by atoms with Crippen LogP contribution in [0.15, 0.2) is 36.0 Å². The molecule has 0 radical (unpaired) electrons. The number of nitrogens with one attached hydrogen (secondary N) is 2. The summed E-state index contributed by atoms with van der Waals surface area (Å²) in [6.07, 6.45) is 1.42. The lowest BCUT2D eigenvalue weighted by Gasteiger charge is -2.28. The molecule has 2 N–H and O–H groups in total. The van der Waals surface area contributed by atoms with Crippen molar-refractivity contribution in [2.75, 3.05) is 7.11 Å². The van der Waals surface area contributed by atoms with Crippen molar-refractivity contribution in [3.63, 3.8) is 0 Å². The quantitative estimate of drug-likeness (QED) is 0.740. The van der Waals surface area contributed by atoms with E-state index in [4.69, 9.17) is 4.74 Å². The smallest absolute Gasteiger partial charge is 0.277 e. The van der Waals surface area contributed by atoms with Crippen molar-refractivity contribution < 1.29 is 23.9 Å². The lowest BCUT2D eigenvalue weighted by Crippen LogP contribution is -2.54. The first-order valence-corrected chi connectivity index (χ1v) is 8.24. The summed E-state index contributed by atoms with van der Waals surface area (Å²) in [5.74, 6) is -1.43. The van der Waals surface area contributed by atoms with Gasteiger partial charge in [-0.1, -0.05) is 12.1 Å². The van der Waals surface area contributed by atoms with E-state index in [0.717, 1.165) is 16.2 Å². The van der Waals surface area contributed by atoms with Crippen LogP contribution in [0.2, 0.25) is 0 Å². The van der Waals surface area contributed by atoms with Crippen molar-refractivity contribution in [1.82, 2.24) is 15.5 Å². The SMILES string of the molecule is COc1ccc(C(C)NC2=CC(=O)N(C3CCC(=O)NC3=O)C2=O)cc1.